The Labute approximate surface area is 145 Å². The number of anilines is 2. The molecule has 0 saturated heterocycles. The van der Waals surface area contributed by atoms with Crippen LogP contribution in [-0.4, -0.2) is 29.4 Å². The molecule has 1 aliphatic heterocycles. The lowest BCUT2D eigenvalue weighted by molar-refractivity contribution is -0.117. The fraction of sp³-hybridized carbons (Fsp3) is 0.316. The highest BCUT2D eigenvalue weighted by atomic mass is 16.5. The van der Waals surface area contributed by atoms with Crippen molar-refractivity contribution in [1.82, 2.24) is 4.98 Å². The van der Waals surface area contributed by atoms with Crippen LogP contribution in [0.25, 0.3) is 0 Å². The largest absolute Gasteiger partial charge is 0.489 e. The molecule has 1 N–H and O–H groups in total. The first-order valence-electron chi connectivity index (χ1n) is 8.46. The molecule has 1 fully saturated rings. The second-order valence-electron chi connectivity index (χ2n) is 6.50. The van der Waals surface area contributed by atoms with Crippen LogP contribution in [0.1, 0.15) is 30.1 Å². The summed E-state index contributed by atoms with van der Waals surface area (Å²) in [5.74, 6) is 1.05. The molecule has 1 saturated carbocycles. The minimum atomic E-state index is -0.132. The summed E-state index contributed by atoms with van der Waals surface area (Å²) < 4.78 is 5.70. The molecule has 1 aromatic carbocycles. The van der Waals surface area contributed by atoms with Gasteiger partial charge in [-0.1, -0.05) is 12.1 Å². The van der Waals surface area contributed by atoms with Gasteiger partial charge < -0.3 is 10.1 Å². The highest BCUT2D eigenvalue weighted by Gasteiger charge is 2.31. The third-order valence-electron chi connectivity index (χ3n) is 4.47. The van der Waals surface area contributed by atoms with Crippen LogP contribution in [0.15, 0.2) is 42.6 Å². The van der Waals surface area contributed by atoms with E-state index in [1.165, 1.54) is 0 Å². The summed E-state index contributed by atoms with van der Waals surface area (Å²) in [7, 11) is 0. The average Bonchev–Trinajstić information content (AvgIpc) is 3.46. The Bertz CT molecular complexity index is 832. The van der Waals surface area contributed by atoms with Gasteiger partial charge in [0.15, 0.2) is 0 Å². The number of pyridine rings is 1. The number of carbonyl (C=O) groups excluding carboxylic acids is 2. The molecular formula is C19H19N3O3. The molecule has 4 rings (SSSR count). The highest BCUT2D eigenvalue weighted by molar-refractivity contribution is 6.08. The first kappa shape index (κ1) is 15.6. The van der Waals surface area contributed by atoms with Crippen molar-refractivity contribution in [2.45, 2.75) is 25.8 Å². The summed E-state index contributed by atoms with van der Waals surface area (Å²) in [5.41, 5.74) is 1.25. The van der Waals surface area contributed by atoms with Crippen molar-refractivity contribution in [2.75, 3.05) is 16.8 Å². The third kappa shape index (κ3) is 3.07. The van der Waals surface area contributed by atoms with Crippen molar-refractivity contribution in [3.05, 3.63) is 48.2 Å². The normalized spacial score (nSPS) is 18.9. The smallest absolute Gasteiger partial charge is 0.258 e. The second kappa shape index (κ2) is 6.20. The minimum Gasteiger partial charge on any atom is -0.489 e. The number of para-hydroxylation sites is 2. The molecule has 2 amide bonds. The van der Waals surface area contributed by atoms with Crippen LogP contribution in [0.2, 0.25) is 0 Å². The van der Waals surface area contributed by atoms with Gasteiger partial charge in [-0.3, -0.25) is 14.5 Å². The standard InChI is InChI=1S/C19H19N3O3/c1-12-11-25-16-5-3-2-4-15(16)22(12)19(24)14-8-9-20-17(10-14)21-18(23)13-6-7-13/h2-5,8-10,12-13H,6-7,11H2,1H3,(H,20,21,23). The first-order valence-corrected chi connectivity index (χ1v) is 8.46. The Kier molecular flexibility index (Phi) is 3.87. The van der Waals surface area contributed by atoms with E-state index in [0.717, 1.165) is 18.5 Å². The van der Waals surface area contributed by atoms with Gasteiger partial charge in [0, 0.05) is 17.7 Å². The van der Waals surface area contributed by atoms with Gasteiger partial charge in [-0.2, -0.15) is 0 Å². The lowest BCUT2D eigenvalue weighted by Gasteiger charge is -2.35. The topological polar surface area (TPSA) is 71.5 Å². The van der Waals surface area contributed by atoms with Crippen molar-refractivity contribution in [3.8, 4) is 5.75 Å². The predicted octanol–water partition coefficient (Wildman–Crippen LogP) is 2.86. The number of ether oxygens (including phenoxy) is 1. The molecule has 6 heteroatoms. The van der Waals surface area contributed by atoms with Crippen molar-refractivity contribution in [2.24, 2.45) is 5.92 Å². The van der Waals surface area contributed by atoms with E-state index in [0.29, 0.717) is 23.7 Å². The van der Waals surface area contributed by atoms with Gasteiger partial charge >= 0.3 is 0 Å². The Hall–Kier alpha value is -2.89. The van der Waals surface area contributed by atoms with Gasteiger partial charge in [0.05, 0.1) is 11.7 Å². The van der Waals surface area contributed by atoms with Gasteiger partial charge in [-0.05, 0) is 44.0 Å². The van der Waals surface area contributed by atoms with E-state index in [-0.39, 0.29) is 23.8 Å². The molecule has 2 aliphatic rings. The Morgan fingerprint density at radius 3 is 2.84 bits per heavy atom. The van der Waals surface area contributed by atoms with Gasteiger partial charge in [0.1, 0.15) is 18.2 Å². The van der Waals surface area contributed by atoms with Crippen molar-refractivity contribution in [1.29, 1.82) is 0 Å². The van der Waals surface area contributed by atoms with Crippen molar-refractivity contribution < 1.29 is 14.3 Å². The summed E-state index contributed by atoms with van der Waals surface area (Å²) in [6.45, 7) is 2.39. The zero-order valence-corrected chi connectivity index (χ0v) is 13.9. The van der Waals surface area contributed by atoms with E-state index in [2.05, 4.69) is 10.3 Å². The van der Waals surface area contributed by atoms with Gasteiger partial charge in [-0.25, -0.2) is 4.98 Å². The summed E-state index contributed by atoms with van der Waals surface area (Å²) in [5, 5.41) is 2.79. The van der Waals surface area contributed by atoms with E-state index in [1.807, 2.05) is 31.2 Å². The summed E-state index contributed by atoms with van der Waals surface area (Å²) >= 11 is 0. The van der Waals surface area contributed by atoms with Crippen LogP contribution < -0.4 is 15.0 Å². The predicted molar refractivity (Wildman–Crippen MR) is 93.8 cm³/mol. The molecule has 2 heterocycles. The number of amides is 2. The quantitative estimate of drug-likeness (QED) is 0.935. The molecule has 0 radical (unpaired) electrons. The molecule has 1 aromatic heterocycles. The molecule has 1 atom stereocenters. The molecule has 0 spiro atoms. The van der Waals surface area contributed by atoms with E-state index in [1.54, 1.807) is 23.2 Å². The molecule has 2 aromatic rings. The fourth-order valence-corrected chi connectivity index (χ4v) is 2.95. The zero-order chi connectivity index (χ0) is 17.4. The Morgan fingerprint density at radius 1 is 1.24 bits per heavy atom. The third-order valence-corrected chi connectivity index (χ3v) is 4.47. The number of rotatable bonds is 3. The maximum atomic E-state index is 13.1. The molecule has 6 nitrogen and oxygen atoms in total. The van der Waals surface area contributed by atoms with Crippen LogP contribution in [0.4, 0.5) is 11.5 Å². The SMILES string of the molecule is CC1COc2ccccc2N1C(=O)c1ccnc(NC(=O)C2CC2)c1. The van der Waals surface area contributed by atoms with E-state index < -0.39 is 0 Å². The Morgan fingerprint density at radius 2 is 2.04 bits per heavy atom. The van der Waals surface area contributed by atoms with Crippen LogP contribution in [-0.2, 0) is 4.79 Å². The average molecular weight is 337 g/mol. The van der Waals surface area contributed by atoms with Crippen LogP contribution in [0.3, 0.4) is 0 Å². The lowest BCUT2D eigenvalue weighted by Crippen LogP contribution is -2.45. The van der Waals surface area contributed by atoms with Crippen LogP contribution in [0.5, 0.6) is 5.75 Å². The van der Waals surface area contributed by atoms with E-state index in [4.69, 9.17) is 4.74 Å². The van der Waals surface area contributed by atoms with Crippen molar-refractivity contribution in [3.63, 3.8) is 0 Å². The van der Waals surface area contributed by atoms with Crippen molar-refractivity contribution >= 4 is 23.3 Å². The van der Waals surface area contributed by atoms with E-state index in [9.17, 15) is 9.59 Å². The monoisotopic (exact) mass is 337 g/mol. The summed E-state index contributed by atoms with van der Waals surface area (Å²) in [6.07, 6.45) is 3.39. The summed E-state index contributed by atoms with van der Waals surface area (Å²) in [6, 6.07) is 10.7. The van der Waals surface area contributed by atoms with E-state index >= 15 is 0 Å². The number of nitrogens with zero attached hydrogens (tertiary/aromatic N) is 2. The number of hydrogen-bond acceptors (Lipinski definition) is 4. The molecule has 1 aliphatic carbocycles. The number of aromatic nitrogens is 1. The number of nitrogens with one attached hydrogen (secondary N) is 1. The zero-order valence-electron chi connectivity index (χ0n) is 13.9. The molecule has 25 heavy (non-hydrogen) atoms. The first-order chi connectivity index (χ1) is 12.1. The van der Waals surface area contributed by atoms with Gasteiger partial charge in [-0.15, -0.1) is 0 Å². The molecule has 0 bridgehead atoms. The second-order valence-corrected chi connectivity index (χ2v) is 6.50. The van der Waals surface area contributed by atoms with Gasteiger partial charge in [0.2, 0.25) is 5.91 Å². The number of hydrogen-bond donors (Lipinski definition) is 1. The number of carbonyl (C=O) groups is 2. The number of fused-ring (bicyclic) bond motifs is 1. The van der Waals surface area contributed by atoms with Gasteiger partial charge in [0.25, 0.3) is 5.91 Å². The minimum absolute atomic E-state index is 0.0258. The Balaban J connectivity index is 1.61. The van der Waals surface area contributed by atoms with Crippen LogP contribution >= 0.6 is 0 Å². The maximum Gasteiger partial charge on any atom is 0.258 e. The van der Waals surface area contributed by atoms with Crippen LogP contribution in [0, 0.1) is 5.92 Å². The molecular weight excluding hydrogens is 318 g/mol. The fourth-order valence-electron chi connectivity index (χ4n) is 2.95. The molecule has 1 unspecified atom stereocenters. The number of benzene rings is 1. The summed E-state index contributed by atoms with van der Waals surface area (Å²) in [4.78, 5) is 30.9. The molecule has 128 valence electrons. The lowest BCUT2D eigenvalue weighted by atomic mass is 10.1. The maximum absolute atomic E-state index is 13.1. The highest BCUT2D eigenvalue weighted by Crippen LogP contribution is 2.34.